The minimum atomic E-state index is 0.150. The molecule has 17 heavy (non-hydrogen) atoms. The molecule has 1 N–H and O–H groups in total. The molecule has 0 spiro atoms. The smallest absolute Gasteiger partial charge is 0.0776 e. The van der Waals surface area contributed by atoms with Crippen LogP contribution in [0.1, 0.15) is 29.1 Å². The number of hydrogen-bond acceptors (Lipinski definition) is 4. The Kier molecular flexibility index (Phi) is 4.10. The highest BCUT2D eigenvalue weighted by Crippen LogP contribution is 2.27. The third-order valence-electron chi connectivity index (χ3n) is 2.56. The number of nitrogens with one attached hydrogen (secondary N) is 1. The molecular formula is C12H14ClN3S. The standard InChI is InChI=1S/C12H14ClN3S/c1-3-14-11(12-8(2)15-16-17-12)9-4-6-10(13)7-5-9/h4-7,11,14H,3H2,1-2H3. The third kappa shape index (κ3) is 2.83. The van der Waals surface area contributed by atoms with Crippen molar-refractivity contribution in [2.24, 2.45) is 0 Å². The molecule has 0 saturated carbocycles. The molecule has 0 bridgehead atoms. The summed E-state index contributed by atoms with van der Waals surface area (Å²) in [6.45, 7) is 4.97. The van der Waals surface area contributed by atoms with Crippen molar-refractivity contribution in [1.82, 2.24) is 14.9 Å². The van der Waals surface area contributed by atoms with E-state index in [1.807, 2.05) is 31.2 Å². The molecule has 1 aromatic carbocycles. The van der Waals surface area contributed by atoms with E-state index < -0.39 is 0 Å². The molecule has 3 nitrogen and oxygen atoms in total. The van der Waals surface area contributed by atoms with Gasteiger partial charge in [0, 0.05) is 5.02 Å². The second-order valence-corrected chi connectivity index (χ2v) is 4.99. The van der Waals surface area contributed by atoms with Crippen molar-refractivity contribution in [3.63, 3.8) is 0 Å². The molecule has 1 atom stereocenters. The number of aryl methyl sites for hydroxylation is 1. The van der Waals surface area contributed by atoms with E-state index in [2.05, 4.69) is 21.8 Å². The van der Waals surface area contributed by atoms with Crippen molar-refractivity contribution in [3.8, 4) is 0 Å². The Morgan fingerprint density at radius 1 is 1.35 bits per heavy atom. The van der Waals surface area contributed by atoms with Gasteiger partial charge < -0.3 is 5.32 Å². The molecule has 0 aliphatic rings. The molecule has 2 aromatic rings. The quantitative estimate of drug-likeness (QED) is 0.924. The molecule has 2 rings (SSSR count). The maximum absolute atomic E-state index is 5.91. The predicted molar refractivity (Wildman–Crippen MR) is 71.6 cm³/mol. The molecule has 1 unspecified atom stereocenters. The molecule has 0 radical (unpaired) electrons. The fraction of sp³-hybridized carbons (Fsp3) is 0.333. The lowest BCUT2D eigenvalue weighted by Crippen LogP contribution is -2.21. The molecule has 1 heterocycles. The van der Waals surface area contributed by atoms with Crippen molar-refractivity contribution in [1.29, 1.82) is 0 Å². The first kappa shape index (κ1) is 12.5. The number of nitrogens with zero attached hydrogens (tertiary/aromatic N) is 2. The van der Waals surface area contributed by atoms with E-state index in [1.165, 1.54) is 17.1 Å². The zero-order valence-corrected chi connectivity index (χ0v) is 11.3. The maximum Gasteiger partial charge on any atom is 0.0776 e. The van der Waals surface area contributed by atoms with Crippen LogP contribution in [0.15, 0.2) is 24.3 Å². The van der Waals surface area contributed by atoms with Crippen LogP contribution in [0.3, 0.4) is 0 Å². The number of aromatic nitrogens is 2. The number of halogens is 1. The average molecular weight is 268 g/mol. The van der Waals surface area contributed by atoms with Gasteiger partial charge in [-0.1, -0.05) is 35.1 Å². The SMILES string of the molecule is CCNC(c1ccc(Cl)cc1)c1snnc1C. The van der Waals surface area contributed by atoms with Crippen LogP contribution in [0.5, 0.6) is 0 Å². The number of benzene rings is 1. The van der Waals surface area contributed by atoms with Gasteiger partial charge in [0.2, 0.25) is 0 Å². The van der Waals surface area contributed by atoms with Crippen LogP contribution >= 0.6 is 23.1 Å². The van der Waals surface area contributed by atoms with Crippen LogP contribution < -0.4 is 5.32 Å². The fourth-order valence-corrected chi connectivity index (χ4v) is 2.60. The summed E-state index contributed by atoms with van der Waals surface area (Å²) in [5.74, 6) is 0. The highest BCUT2D eigenvalue weighted by Gasteiger charge is 2.18. The largest absolute Gasteiger partial charge is 0.306 e. The molecule has 0 fully saturated rings. The van der Waals surface area contributed by atoms with Crippen LogP contribution in [0, 0.1) is 6.92 Å². The third-order valence-corrected chi connectivity index (χ3v) is 3.70. The summed E-state index contributed by atoms with van der Waals surface area (Å²) in [5, 5.41) is 8.27. The van der Waals surface area contributed by atoms with Gasteiger partial charge in [-0.15, -0.1) is 5.10 Å². The van der Waals surface area contributed by atoms with Gasteiger partial charge in [0.25, 0.3) is 0 Å². The summed E-state index contributed by atoms with van der Waals surface area (Å²) in [4.78, 5) is 1.16. The van der Waals surface area contributed by atoms with Crippen molar-refractivity contribution >= 4 is 23.1 Å². The summed E-state index contributed by atoms with van der Waals surface area (Å²) in [5.41, 5.74) is 2.17. The Morgan fingerprint density at radius 2 is 2.06 bits per heavy atom. The summed E-state index contributed by atoms with van der Waals surface area (Å²) in [6, 6.07) is 8.04. The molecular weight excluding hydrogens is 254 g/mol. The fourth-order valence-electron chi connectivity index (χ4n) is 1.72. The van der Waals surface area contributed by atoms with Crippen molar-refractivity contribution in [2.75, 3.05) is 6.54 Å². The Hall–Kier alpha value is -0.970. The van der Waals surface area contributed by atoms with Gasteiger partial charge >= 0.3 is 0 Å². The maximum atomic E-state index is 5.91. The van der Waals surface area contributed by atoms with E-state index in [1.54, 1.807) is 0 Å². The monoisotopic (exact) mass is 267 g/mol. The summed E-state index contributed by atoms with van der Waals surface area (Å²) >= 11 is 7.35. The van der Waals surface area contributed by atoms with E-state index >= 15 is 0 Å². The Bertz CT molecular complexity index is 481. The van der Waals surface area contributed by atoms with Crippen molar-refractivity contribution in [3.05, 3.63) is 45.4 Å². The summed E-state index contributed by atoms with van der Waals surface area (Å²) in [7, 11) is 0. The van der Waals surface area contributed by atoms with Gasteiger partial charge in [0.15, 0.2) is 0 Å². The minimum absolute atomic E-state index is 0.150. The normalized spacial score (nSPS) is 12.6. The zero-order chi connectivity index (χ0) is 12.3. The van der Waals surface area contributed by atoms with E-state index in [4.69, 9.17) is 11.6 Å². The molecule has 0 aliphatic carbocycles. The van der Waals surface area contributed by atoms with Crippen molar-refractivity contribution < 1.29 is 0 Å². The Morgan fingerprint density at radius 3 is 2.59 bits per heavy atom. The van der Waals surface area contributed by atoms with Gasteiger partial charge in [-0.05, 0) is 42.7 Å². The predicted octanol–water partition coefficient (Wildman–Crippen LogP) is 3.20. The zero-order valence-electron chi connectivity index (χ0n) is 9.77. The molecule has 0 amide bonds. The first-order valence-corrected chi connectivity index (χ1v) is 6.65. The molecule has 1 aromatic heterocycles. The molecule has 5 heteroatoms. The Balaban J connectivity index is 2.35. The Labute approximate surface area is 110 Å². The second-order valence-electron chi connectivity index (χ2n) is 3.76. The van der Waals surface area contributed by atoms with Gasteiger partial charge in [-0.3, -0.25) is 0 Å². The second kappa shape index (κ2) is 5.58. The van der Waals surface area contributed by atoms with E-state index in [-0.39, 0.29) is 6.04 Å². The van der Waals surface area contributed by atoms with E-state index in [0.29, 0.717) is 0 Å². The average Bonchev–Trinajstić information content (AvgIpc) is 2.74. The van der Waals surface area contributed by atoms with E-state index in [0.717, 1.165) is 22.1 Å². The van der Waals surface area contributed by atoms with E-state index in [9.17, 15) is 0 Å². The van der Waals surface area contributed by atoms with Gasteiger partial charge in [0.05, 0.1) is 16.6 Å². The number of rotatable bonds is 4. The molecule has 0 aliphatic heterocycles. The first-order chi connectivity index (χ1) is 8.22. The lowest BCUT2D eigenvalue weighted by Gasteiger charge is -2.16. The highest BCUT2D eigenvalue weighted by atomic mass is 35.5. The minimum Gasteiger partial charge on any atom is -0.306 e. The first-order valence-electron chi connectivity index (χ1n) is 5.50. The van der Waals surface area contributed by atoms with Crippen LogP contribution in [0.25, 0.3) is 0 Å². The van der Waals surface area contributed by atoms with Gasteiger partial charge in [-0.25, -0.2) is 0 Å². The number of hydrogen-bond donors (Lipinski definition) is 1. The van der Waals surface area contributed by atoms with Crippen LogP contribution in [-0.4, -0.2) is 16.1 Å². The molecule has 90 valence electrons. The molecule has 0 saturated heterocycles. The highest BCUT2D eigenvalue weighted by molar-refractivity contribution is 7.05. The lowest BCUT2D eigenvalue weighted by atomic mass is 10.0. The topological polar surface area (TPSA) is 37.8 Å². The van der Waals surface area contributed by atoms with Crippen LogP contribution in [0.2, 0.25) is 5.02 Å². The summed E-state index contributed by atoms with van der Waals surface area (Å²) < 4.78 is 3.99. The van der Waals surface area contributed by atoms with Crippen molar-refractivity contribution in [2.45, 2.75) is 19.9 Å². The van der Waals surface area contributed by atoms with Crippen LogP contribution in [-0.2, 0) is 0 Å². The van der Waals surface area contributed by atoms with Gasteiger partial charge in [-0.2, -0.15) is 0 Å². The lowest BCUT2D eigenvalue weighted by molar-refractivity contribution is 0.635. The van der Waals surface area contributed by atoms with Gasteiger partial charge in [0.1, 0.15) is 0 Å². The summed E-state index contributed by atoms with van der Waals surface area (Å²) in [6.07, 6.45) is 0. The van der Waals surface area contributed by atoms with Crippen LogP contribution in [0.4, 0.5) is 0 Å².